The lowest BCUT2D eigenvalue weighted by Crippen LogP contribution is -2.36. The van der Waals surface area contributed by atoms with E-state index in [-0.39, 0.29) is 38.6 Å². The van der Waals surface area contributed by atoms with Crippen molar-refractivity contribution in [3.05, 3.63) is 34.3 Å². The van der Waals surface area contributed by atoms with Crippen LogP contribution in [0.1, 0.15) is 5.56 Å². The Bertz CT molecular complexity index is 347. The minimum absolute atomic E-state index is 0.0876. The molecule has 17 heavy (non-hydrogen) atoms. The first-order valence-corrected chi connectivity index (χ1v) is 6.20. The van der Waals surface area contributed by atoms with E-state index < -0.39 is 0 Å². The molecular weight excluding hydrogens is 286 g/mol. The van der Waals surface area contributed by atoms with Crippen molar-refractivity contribution in [2.45, 2.75) is 6.42 Å². The van der Waals surface area contributed by atoms with Crippen molar-refractivity contribution in [3.63, 3.8) is 0 Å². The van der Waals surface area contributed by atoms with Gasteiger partial charge in [-0.05, 0) is 17.7 Å². The fraction of sp³-hybridized carbons (Fsp3) is 0.417. The smallest absolute Gasteiger partial charge is 0.227 e. The highest BCUT2D eigenvalue weighted by Gasteiger charge is 2.12. The standard InChI is InChI=1S/C12H16BrNO3/c13-11-3-1-10(2-4-11)9-12(17)14(5-7-15)6-8-16/h1-4,15-16H,5-9H2. The quantitative estimate of drug-likeness (QED) is 0.817. The molecule has 0 aliphatic rings. The first kappa shape index (κ1) is 14.2. The average Bonchev–Trinajstić information content (AvgIpc) is 2.32. The van der Waals surface area contributed by atoms with Crippen LogP contribution in [-0.2, 0) is 11.2 Å². The zero-order chi connectivity index (χ0) is 12.7. The Morgan fingerprint density at radius 2 is 1.65 bits per heavy atom. The van der Waals surface area contributed by atoms with Crippen LogP contribution in [0.2, 0.25) is 0 Å². The van der Waals surface area contributed by atoms with Gasteiger partial charge in [0.1, 0.15) is 0 Å². The third kappa shape index (κ3) is 4.85. The van der Waals surface area contributed by atoms with Gasteiger partial charge in [-0.1, -0.05) is 28.1 Å². The summed E-state index contributed by atoms with van der Waals surface area (Å²) in [6.07, 6.45) is 0.285. The molecule has 2 N–H and O–H groups in total. The van der Waals surface area contributed by atoms with E-state index in [1.807, 2.05) is 24.3 Å². The van der Waals surface area contributed by atoms with E-state index in [9.17, 15) is 4.79 Å². The first-order valence-electron chi connectivity index (χ1n) is 5.41. The molecule has 0 radical (unpaired) electrons. The molecular formula is C12H16BrNO3. The lowest BCUT2D eigenvalue weighted by Gasteiger charge is -2.20. The number of halogens is 1. The van der Waals surface area contributed by atoms with Crippen molar-refractivity contribution >= 4 is 21.8 Å². The fourth-order valence-electron chi connectivity index (χ4n) is 1.49. The molecule has 0 aromatic heterocycles. The summed E-state index contributed by atoms with van der Waals surface area (Å²) in [6.45, 7) is 0.337. The minimum Gasteiger partial charge on any atom is -0.395 e. The predicted molar refractivity (Wildman–Crippen MR) is 68.6 cm³/mol. The molecule has 0 fully saturated rings. The molecule has 1 amide bonds. The number of aliphatic hydroxyl groups excluding tert-OH is 2. The predicted octanol–water partition coefficient (Wildman–Crippen LogP) is 0.805. The highest BCUT2D eigenvalue weighted by molar-refractivity contribution is 9.10. The van der Waals surface area contributed by atoms with E-state index in [1.54, 1.807) is 0 Å². The first-order chi connectivity index (χ1) is 8.17. The second kappa shape index (κ2) is 7.42. The Balaban J connectivity index is 2.59. The molecule has 0 saturated heterocycles. The summed E-state index contributed by atoms with van der Waals surface area (Å²) < 4.78 is 0.969. The highest BCUT2D eigenvalue weighted by Crippen LogP contribution is 2.11. The molecule has 5 heteroatoms. The zero-order valence-electron chi connectivity index (χ0n) is 9.47. The number of carbonyl (C=O) groups excluding carboxylic acids is 1. The van der Waals surface area contributed by atoms with Gasteiger partial charge >= 0.3 is 0 Å². The van der Waals surface area contributed by atoms with Gasteiger partial charge in [-0.25, -0.2) is 0 Å². The summed E-state index contributed by atoms with van der Waals surface area (Å²) in [5.41, 5.74) is 0.916. The van der Waals surface area contributed by atoms with Crippen LogP contribution in [-0.4, -0.2) is 47.3 Å². The van der Waals surface area contributed by atoms with Crippen LogP contribution in [0.15, 0.2) is 28.7 Å². The number of benzene rings is 1. The number of rotatable bonds is 6. The molecule has 0 saturated carbocycles. The number of hydrogen-bond donors (Lipinski definition) is 2. The number of carbonyl (C=O) groups is 1. The van der Waals surface area contributed by atoms with Gasteiger partial charge in [0.05, 0.1) is 19.6 Å². The molecule has 1 rings (SSSR count). The van der Waals surface area contributed by atoms with Crippen LogP contribution < -0.4 is 0 Å². The van der Waals surface area contributed by atoms with E-state index in [1.165, 1.54) is 4.90 Å². The third-order valence-electron chi connectivity index (χ3n) is 2.36. The van der Waals surface area contributed by atoms with Gasteiger partial charge in [-0.2, -0.15) is 0 Å². The van der Waals surface area contributed by atoms with Gasteiger partial charge in [0.25, 0.3) is 0 Å². The van der Waals surface area contributed by atoms with Crippen molar-refractivity contribution in [1.29, 1.82) is 0 Å². The Morgan fingerprint density at radius 3 is 2.12 bits per heavy atom. The molecule has 1 aromatic carbocycles. The van der Waals surface area contributed by atoms with Crippen LogP contribution in [0.25, 0.3) is 0 Å². The van der Waals surface area contributed by atoms with Crippen LogP contribution in [0.3, 0.4) is 0 Å². The van der Waals surface area contributed by atoms with E-state index in [2.05, 4.69) is 15.9 Å². The maximum Gasteiger partial charge on any atom is 0.227 e. The number of nitrogens with zero attached hydrogens (tertiary/aromatic N) is 1. The summed E-state index contributed by atoms with van der Waals surface area (Å²) in [7, 11) is 0. The Morgan fingerprint density at radius 1 is 1.12 bits per heavy atom. The summed E-state index contributed by atoms with van der Waals surface area (Å²) in [4.78, 5) is 13.3. The molecule has 94 valence electrons. The molecule has 0 aliphatic carbocycles. The summed E-state index contributed by atoms with van der Waals surface area (Å²) in [6, 6.07) is 7.51. The number of amides is 1. The van der Waals surface area contributed by atoms with Gasteiger partial charge in [-0.3, -0.25) is 4.79 Å². The van der Waals surface area contributed by atoms with Crippen LogP contribution in [0.4, 0.5) is 0 Å². The van der Waals surface area contributed by atoms with Crippen LogP contribution in [0.5, 0.6) is 0 Å². The topological polar surface area (TPSA) is 60.8 Å². The SMILES string of the molecule is O=C(Cc1ccc(Br)cc1)N(CCO)CCO. The normalized spacial score (nSPS) is 10.3. The Labute approximate surface area is 109 Å². The molecule has 0 bridgehead atoms. The van der Waals surface area contributed by atoms with Crippen molar-refractivity contribution in [2.24, 2.45) is 0 Å². The van der Waals surface area contributed by atoms with Gasteiger partial charge in [-0.15, -0.1) is 0 Å². The lowest BCUT2D eigenvalue weighted by molar-refractivity contribution is -0.131. The number of aliphatic hydroxyl groups is 2. The van der Waals surface area contributed by atoms with Crippen molar-refractivity contribution in [3.8, 4) is 0 Å². The monoisotopic (exact) mass is 301 g/mol. The lowest BCUT2D eigenvalue weighted by atomic mass is 10.1. The Hall–Kier alpha value is -0.910. The summed E-state index contributed by atoms with van der Waals surface area (Å²) >= 11 is 3.33. The van der Waals surface area contributed by atoms with Gasteiger partial charge < -0.3 is 15.1 Å². The summed E-state index contributed by atoms with van der Waals surface area (Å²) in [5.74, 6) is -0.0876. The molecule has 0 atom stereocenters. The third-order valence-corrected chi connectivity index (χ3v) is 2.89. The van der Waals surface area contributed by atoms with Crippen LogP contribution >= 0.6 is 15.9 Å². The van der Waals surface area contributed by atoms with E-state index in [0.717, 1.165) is 10.0 Å². The molecule has 0 heterocycles. The van der Waals surface area contributed by atoms with Gasteiger partial charge in [0.2, 0.25) is 5.91 Å². The molecule has 1 aromatic rings. The van der Waals surface area contributed by atoms with Crippen molar-refractivity contribution in [2.75, 3.05) is 26.3 Å². The van der Waals surface area contributed by atoms with Gasteiger partial charge in [0, 0.05) is 17.6 Å². The maximum absolute atomic E-state index is 11.9. The van der Waals surface area contributed by atoms with Crippen molar-refractivity contribution in [1.82, 2.24) is 4.90 Å². The molecule has 0 aliphatic heterocycles. The van der Waals surface area contributed by atoms with E-state index in [4.69, 9.17) is 10.2 Å². The molecule has 0 unspecified atom stereocenters. The zero-order valence-corrected chi connectivity index (χ0v) is 11.1. The van der Waals surface area contributed by atoms with E-state index in [0.29, 0.717) is 0 Å². The van der Waals surface area contributed by atoms with Crippen molar-refractivity contribution < 1.29 is 15.0 Å². The largest absolute Gasteiger partial charge is 0.395 e. The Kier molecular flexibility index (Phi) is 6.18. The second-order valence-electron chi connectivity index (χ2n) is 3.63. The van der Waals surface area contributed by atoms with E-state index >= 15 is 0 Å². The summed E-state index contributed by atoms with van der Waals surface area (Å²) in [5, 5.41) is 17.7. The number of hydrogen-bond acceptors (Lipinski definition) is 3. The maximum atomic E-state index is 11.9. The fourth-order valence-corrected chi connectivity index (χ4v) is 1.76. The average molecular weight is 302 g/mol. The molecule has 0 spiro atoms. The van der Waals surface area contributed by atoms with Crippen LogP contribution in [0, 0.1) is 0 Å². The highest BCUT2D eigenvalue weighted by atomic mass is 79.9. The van der Waals surface area contributed by atoms with Gasteiger partial charge in [0.15, 0.2) is 0 Å². The minimum atomic E-state index is -0.0912. The second-order valence-corrected chi connectivity index (χ2v) is 4.55. The molecule has 4 nitrogen and oxygen atoms in total.